The zero-order chi connectivity index (χ0) is 13.2. The van der Waals surface area contributed by atoms with Crippen LogP contribution in [0, 0.1) is 0 Å². The second-order valence-electron chi connectivity index (χ2n) is 3.55. The highest BCUT2D eigenvalue weighted by atomic mass is 35.5. The fourth-order valence-corrected chi connectivity index (χ4v) is 1.69. The van der Waals surface area contributed by atoms with Crippen molar-refractivity contribution in [3.05, 3.63) is 35.7 Å². The lowest BCUT2D eigenvalue weighted by Crippen LogP contribution is -1.96. The summed E-state index contributed by atoms with van der Waals surface area (Å²) in [7, 11) is 0. The molecule has 0 fully saturated rings. The maximum atomic E-state index is 6.01. The molecule has 0 radical (unpaired) electrons. The molecule has 19 heavy (non-hydrogen) atoms. The summed E-state index contributed by atoms with van der Waals surface area (Å²) in [6, 6.07) is 3.41. The molecule has 3 aromatic rings. The Morgan fingerprint density at radius 2 is 1.84 bits per heavy atom. The minimum absolute atomic E-state index is 0.169. The monoisotopic (exact) mass is 274 g/mol. The molecule has 3 heterocycles. The van der Waals surface area contributed by atoms with E-state index in [0.29, 0.717) is 16.4 Å². The number of nitrogens with zero attached hydrogens (tertiary/aromatic N) is 5. The molecule has 0 saturated heterocycles. The van der Waals surface area contributed by atoms with Gasteiger partial charge in [0.05, 0.1) is 5.02 Å². The number of halogens is 1. The second-order valence-corrected chi connectivity index (χ2v) is 3.95. The standard InChI is InChI=1S/C11H7ClN6O/c12-6-2-1-3-14-7(6)10-17-11(19-18-10)8-9(13)16-5-4-15-8/h1-5H,(H2,13,16). The number of nitrogen functional groups attached to an aromatic ring is 1. The molecule has 0 aromatic carbocycles. The number of nitrogens with two attached hydrogens (primary N) is 1. The highest BCUT2D eigenvalue weighted by Crippen LogP contribution is 2.26. The van der Waals surface area contributed by atoms with Crippen LogP contribution in [0.5, 0.6) is 0 Å². The largest absolute Gasteiger partial charge is 0.382 e. The summed E-state index contributed by atoms with van der Waals surface area (Å²) in [6.07, 6.45) is 4.56. The number of anilines is 1. The predicted octanol–water partition coefficient (Wildman–Crippen LogP) is 1.82. The van der Waals surface area contributed by atoms with Crippen LogP contribution in [-0.4, -0.2) is 25.1 Å². The molecule has 0 aliphatic heterocycles. The molecule has 8 heteroatoms. The third-order valence-corrected chi connectivity index (χ3v) is 2.63. The zero-order valence-electron chi connectivity index (χ0n) is 9.49. The smallest absolute Gasteiger partial charge is 0.280 e. The van der Waals surface area contributed by atoms with Crippen LogP contribution in [0.2, 0.25) is 5.02 Å². The van der Waals surface area contributed by atoms with Crippen molar-refractivity contribution in [1.29, 1.82) is 0 Å². The number of hydrogen-bond acceptors (Lipinski definition) is 7. The first-order valence-electron chi connectivity index (χ1n) is 5.27. The van der Waals surface area contributed by atoms with Crippen molar-refractivity contribution >= 4 is 17.4 Å². The third-order valence-electron chi connectivity index (χ3n) is 2.33. The van der Waals surface area contributed by atoms with Crippen molar-refractivity contribution in [2.75, 3.05) is 5.73 Å². The van der Waals surface area contributed by atoms with E-state index in [1.807, 2.05) is 0 Å². The lowest BCUT2D eigenvalue weighted by Gasteiger charge is -1.96. The highest BCUT2D eigenvalue weighted by Gasteiger charge is 2.16. The molecule has 0 spiro atoms. The highest BCUT2D eigenvalue weighted by molar-refractivity contribution is 6.32. The molecule has 0 unspecified atom stereocenters. The van der Waals surface area contributed by atoms with E-state index in [-0.39, 0.29) is 17.5 Å². The molecular formula is C11H7ClN6O. The Morgan fingerprint density at radius 1 is 1.05 bits per heavy atom. The van der Waals surface area contributed by atoms with Crippen molar-refractivity contribution in [3.63, 3.8) is 0 Å². The summed E-state index contributed by atoms with van der Waals surface area (Å²) in [5.41, 5.74) is 6.45. The maximum absolute atomic E-state index is 6.01. The van der Waals surface area contributed by atoms with Gasteiger partial charge in [0.15, 0.2) is 11.5 Å². The molecule has 94 valence electrons. The van der Waals surface area contributed by atoms with Crippen LogP contribution in [0.25, 0.3) is 23.1 Å². The van der Waals surface area contributed by atoms with Crippen molar-refractivity contribution < 1.29 is 4.52 Å². The van der Waals surface area contributed by atoms with Gasteiger partial charge in [0.25, 0.3) is 5.89 Å². The Labute approximate surface area is 112 Å². The van der Waals surface area contributed by atoms with Crippen LogP contribution in [-0.2, 0) is 0 Å². The normalized spacial score (nSPS) is 10.6. The van der Waals surface area contributed by atoms with Crippen molar-refractivity contribution in [2.24, 2.45) is 0 Å². The fraction of sp³-hybridized carbons (Fsp3) is 0. The Kier molecular flexibility index (Phi) is 2.81. The van der Waals surface area contributed by atoms with Gasteiger partial charge in [0.2, 0.25) is 5.82 Å². The van der Waals surface area contributed by atoms with Crippen LogP contribution in [0.15, 0.2) is 35.2 Å². The van der Waals surface area contributed by atoms with Gasteiger partial charge >= 0.3 is 0 Å². The van der Waals surface area contributed by atoms with Gasteiger partial charge in [-0.15, -0.1) is 0 Å². The van der Waals surface area contributed by atoms with Crippen molar-refractivity contribution in [1.82, 2.24) is 25.1 Å². The lowest BCUT2D eigenvalue weighted by atomic mass is 10.3. The Hall–Kier alpha value is -2.54. The summed E-state index contributed by atoms with van der Waals surface area (Å²) in [6.45, 7) is 0. The van der Waals surface area contributed by atoms with Crippen LogP contribution >= 0.6 is 11.6 Å². The third kappa shape index (κ3) is 2.11. The van der Waals surface area contributed by atoms with E-state index in [2.05, 4.69) is 25.1 Å². The van der Waals surface area contributed by atoms with Gasteiger partial charge < -0.3 is 10.3 Å². The van der Waals surface area contributed by atoms with Crippen LogP contribution < -0.4 is 5.73 Å². The molecular weight excluding hydrogens is 268 g/mol. The minimum Gasteiger partial charge on any atom is -0.382 e. The summed E-state index contributed by atoms with van der Waals surface area (Å²) >= 11 is 6.01. The first kappa shape index (κ1) is 11.5. The number of pyridine rings is 1. The number of aromatic nitrogens is 5. The van der Waals surface area contributed by atoms with Crippen molar-refractivity contribution in [3.8, 4) is 23.1 Å². The van der Waals surface area contributed by atoms with E-state index in [1.54, 1.807) is 18.3 Å². The van der Waals surface area contributed by atoms with Gasteiger partial charge in [-0.25, -0.2) is 9.97 Å². The zero-order valence-corrected chi connectivity index (χ0v) is 10.2. The number of rotatable bonds is 2. The molecule has 0 bridgehead atoms. The summed E-state index contributed by atoms with van der Waals surface area (Å²) < 4.78 is 5.10. The average Bonchev–Trinajstić information content (AvgIpc) is 2.89. The molecule has 7 nitrogen and oxygen atoms in total. The summed E-state index contributed by atoms with van der Waals surface area (Å²) in [5, 5.41) is 4.24. The van der Waals surface area contributed by atoms with Crippen molar-refractivity contribution in [2.45, 2.75) is 0 Å². The maximum Gasteiger partial charge on any atom is 0.280 e. The Morgan fingerprint density at radius 3 is 2.63 bits per heavy atom. The van der Waals surface area contributed by atoms with Crippen LogP contribution in [0.1, 0.15) is 0 Å². The van der Waals surface area contributed by atoms with E-state index < -0.39 is 0 Å². The molecule has 3 aromatic heterocycles. The first-order chi connectivity index (χ1) is 9.25. The second kappa shape index (κ2) is 4.62. The van der Waals surface area contributed by atoms with Gasteiger partial charge in [-0.1, -0.05) is 16.8 Å². The lowest BCUT2D eigenvalue weighted by molar-refractivity contribution is 0.431. The molecule has 0 amide bonds. The summed E-state index contributed by atoms with van der Waals surface area (Å²) in [5.74, 6) is 0.651. The van der Waals surface area contributed by atoms with Gasteiger partial charge in [-0.2, -0.15) is 4.98 Å². The van der Waals surface area contributed by atoms with E-state index in [4.69, 9.17) is 21.9 Å². The average molecular weight is 275 g/mol. The van der Waals surface area contributed by atoms with E-state index in [9.17, 15) is 0 Å². The summed E-state index contributed by atoms with van der Waals surface area (Å²) in [4.78, 5) is 16.2. The Bertz CT molecular complexity index is 668. The van der Waals surface area contributed by atoms with Crippen LogP contribution in [0.4, 0.5) is 5.82 Å². The molecule has 0 saturated carbocycles. The van der Waals surface area contributed by atoms with Crippen LogP contribution in [0.3, 0.4) is 0 Å². The Balaban J connectivity index is 2.06. The topological polar surface area (TPSA) is 104 Å². The predicted molar refractivity (Wildman–Crippen MR) is 68.0 cm³/mol. The van der Waals surface area contributed by atoms with E-state index in [0.717, 1.165) is 0 Å². The van der Waals surface area contributed by atoms with Gasteiger partial charge in [-0.05, 0) is 12.1 Å². The molecule has 0 aliphatic rings. The van der Waals surface area contributed by atoms with Gasteiger partial charge in [0.1, 0.15) is 5.69 Å². The molecule has 0 aliphatic carbocycles. The van der Waals surface area contributed by atoms with E-state index in [1.165, 1.54) is 12.4 Å². The minimum atomic E-state index is 0.169. The van der Waals surface area contributed by atoms with Gasteiger partial charge in [-0.3, -0.25) is 4.98 Å². The number of hydrogen-bond donors (Lipinski definition) is 1. The molecule has 3 rings (SSSR count). The molecule has 2 N–H and O–H groups in total. The first-order valence-corrected chi connectivity index (χ1v) is 5.65. The molecule has 0 atom stereocenters. The SMILES string of the molecule is Nc1nccnc1-c1nc(-c2ncccc2Cl)no1. The quantitative estimate of drug-likeness (QED) is 0.760. The van der Waals surface area contributed by atoms with Gasteiger partial charge in [0, 0.05) is 18.6 Å². The fourth-order valence-electron chi connectivity index (χ4n) is 1.48. The van der Waals surface area contributed by atoms with E-state index >= 15 is 0 Å².